The molecule has 0 aliphatic heterocycles. The van der Waals surface area contributed by atoms with Crippen molar-refractivity contribution in [1.29, 1.82) is 0 Å². The van der Waals surface area contributed by atoms with Gasteiger partial charge in [0.1, 0.15) is 13.2 Å². The lowest BCUT2D eigenvalue weighted by Crippen LogP contribution is -2.41. The van der Waals surface area contributed by atoms with Crippen molar-refractivity contribution in [3.05, 3.63) is 0 Å². The van der Waals surface area contributed by atoms with E-state index in [1.165, 1.54) is 0 Å². The summed E-state index contributed by atoms with van der Waals surface area (Å²) in [6, 6.07) is 0. The molecule has 144 valence electrons. The zero-order chi connectivity index (χ0) is 19.4. The number of esters is 1. The monoisotopic (exact) mass is 399 g/mol. The molecule has 0 heterocycles. The number of carbonyl (C=O) groups excluding carboxylic acids is 1. The summed E-state index contributed by atoms with van der Waals surface area (Å²) in [5, 5.41) is 0. The first kappa shape index (κ1) is 23.1. The van der Waals surface area contributed by atoms with Crippen molar-refractivity contribution in [3.63, 3.8) is 0 Å². The molecule has 13 heteroatoms. The molecule has 0 aromatic carbocycles. The third-order valence-corrected chi connectivity index (χ3v) is 6.33. The molecule has 1 atom stereocenters. The van der Waals surface area contributed by atoms with Gasteiger partial charge in [-0.25, -0.2) is 8.42 Å². The highest BCUT2D eigenvalue weighted by Gasteiger charge is 2.48. The maximum Gasteiger partial charge on any atom is 0.512 e. The van der Waals surface area contributed by atoms with Crippen LogP contribution in [0.3, 0.4) is 0 Å². The van der Waals surface area contributed by atoms with E-state index in [1.807, 2.05) is 0 Å². The number of carbonyl (C=O) groups is 1. The van der Waals surface area contributed by atoms with Gasteiger partial charge in [-0.2, -0.15) is 21.6 Å². The lowest BCUT2D eigenvalue weighted by atomic mass is 9.77. The molecule has 0 aliphatic rings. The number of hydrogen-bond donors (Lipinski definition) is 1. The van der Waals surface area contributed by atoms with Crippen LogP contribution in [0.4, 0.5) is 13.2 Å². The van der Waals surface area contributed by atoms with E-state index in [4.69, 9.17) is 4.74 Å². The number of sulfonamides is 1. The molecule has 8 nitrogen and oxygen atoms in total. The maximum absolute atomic E-state index is 12.1. The molecule has 0 bridgehead atoms. The molecule has 1 unspecified atom stereocenters. The van der Waals surface area contributed by atoms with E-state index in [0.29, 0.717) is 10.5 Å². The highest BCUT2D eigenvalue weighted by atomic mass is 32.3. The van der Waals surface area contributed by atoms with Gasteiger partial charge in [0.05, 0.1) is 5.41 Å². The zero-order valence-electron chi connectivity index (χ0n) is 13.5. The lowest BCUT2D eigenvalue weighted by Gasteiger charge is -2.29. The Balaban J connectivity index is 4.61. The molecule has 24 heavy (non-hydrogen) atoms. The van der Waals surface area contributed by atoms with E-state index in [9.17, 15) is 34.8 Å². The Bertz CT molecular complexity index is 643. The van der Waals surface area contributed by atoms with E-state index in [0.717, 1.165) is 0 Å². The number of ether oxygens (including phenoxy) is 1. The summed E-state index contributed by atoms with van der Waals surface area (Å²) in [5.74, 6) is -0.699. The van der Waals surface area contributed by atoms with Crippen molar-refractivity contribution >= 4 is 26.3 Å². The van der Waals surface area contributed by atoms with Crippen LogP contribution < -0.4 is 4.13 Å². The van der Waals surface area contributed by atoms with Gasteiger partial charge in [0.25, 0.3) is 0 Å². The Hall–Kier alpha value is -0.920. The van der Waals surface area contributed by atoms with Crippen LogP contribution in [0.15, 0.2) is 0 Å². The summed E-state index contributed by atoms with van der Waals surface area (Å²) in [4.78, 5) is 11.9. The second kappa shape index (κ2) is 7.97. The molecule has 0 aliphatic carbocycles. The molecule has 0 saturated carbocycles. The Morgan fingerprint density at radius 2 is 1.62 bits per heavy atom. The summed E-state index contributed by atoms with van der Waals surface area (Å²) in [6.45, 7) is 5.57. The Morgan fingerprint density at radius 3 is 2.00 bits per heavy atom. The topological polar surface area (TPSA) is 116 Å². The SMILES string of the molecule is CCC(C)(C(=O)OCCOS(=O)(=O)NS(=O)(=O)C(F)(F)F)C(C)C. The van der Waals surface area contributed by atoms with Crippen LogP contribution in [0.5, 0.6) is 0 Å². The van der Waals surface area contributed by atoms with Crippen LogP contribution in [-0.2, 0) is 34.0 Å². The molecule has 0 saturated heterocycles. The van der Waals surface area contributed by atoms with Crippen molar-refractivity contribution in [2.45, 2.75) is 39.6 Å². The molecule has 0 rings (SSSR count). The van der Waals surface area contributed by atoms with Gasteiger partial charge in [-0.1, -0.05) is 24.9 Å². The number of alkyl halides is 3. The number of hydrogen-bond acceptors (Lipinski definition) is 7. The van der Waals surface area contributed by atoms with E-state index in [1.54, 1.807) is 27.7 Å². The number of nitrogens with one attached hydrogen (secondary N) is 1. The van der Waals surface area contributed by atoms with Crippen LogP contribution >= 0.6 is 0 Å². The van der Waals surface area contributed by atoms with E-state index >= 15 is 0 Å². The van der Waals surface area contributed by atoms with Crippen molar-refractivity contribution in [1.82, 2.24) is 4.13 Å². The van der Waals surface area contributed by atoms with Gasteiger partial charge in [-0.3, -0.25) is 8.98 Å². The van der Waals surface area contributed by atoms with Gasteiger partial charge in [0.15, 0.2) is 0 Å². The Kier molecular flexibility index (Phi) is 7.67. The standard InChI is InChI=1S/C11H20F3NO7S2/c1-5-10(4,8(2)3)9(16)21-6-7-22-24(19,20)15-23(17,18)11(12,13)14/h8,15H,5-7H2,1-4H3. The average Bonchev–Trinajstić information content (AvgIpc) is 2.39. The van der Waals surface area contributed by atoms with E-state index in [-0.39, 0.29) is 5.92 Å². The highest BCUT2D eigenvalue weighted by molar-refractivity contribution is 8.03. The minimum atomic E-state index is -6.12. The summed E-state index contributed by atoms with van der Waals surface area (Å²) in [5.41, 5.74) is -6.63. The van der Waals surface area contributed by atoms with Gasteiger partial charge in [0.2, 0.25) is 0 Å². The van der Waals surface area contributed by atoms with Crippen LogP contribution in [-0.4, -0.2) is 41.5 Å². The van der Waals surface area contributed by atoms with Gasteiger partial charge >= 0.3 is 31.8 Å². The molecular weight excluding hydrogens is 379 g/mol. The van der Waals surface area contributed by atoms with Crippen molar-refractivity contribution in [2.24, 2.45) is 11.3 Å². The summed E-state index contributed by atoms with van der Waals surface area (Å²) in [6.07, 6.45) is 0.452. The summed E-state index contributed by atoms with van der Waals surface area (Å²) in [7, 11) is -11.3. The fourth-order valence-corrected chi connectivity index (χ4v) is 3.37. The molecular formula is C11H20F3NO7S2. The van der Waals surface area contributed by atoms with Crippen LogP contribution in [0.1, 0.15) is 34.1 Å². The molecule has 0 fully saturated rings. The normalized spacial score (nSPS) is 16.0. The van der Waals surface area contributed by atoms with Gasteiger partial charge in [-0.15, -0.1) is 0 Å². The molecule has 0 aromatic rings. The highest BCUT2D eigenvalue weighted by Crippen LogP contribution is 2.32. The van der Waals surface area contributed by atoms with Crippen LogP contribution in [0, 0.1) is 11.3 Å². The smallest absolute Gasteiger partial charge is 0.463 e. The number of halogens is 3. The fraction of sp³-hybridized carbons (Fsp3) is 0.909. The first-order valence-corrected chi connectivity index (χ1v) is 9.64. The minimum Gasteiger partial charge on any atom is -0.463 e. The molecule has 0 amide bonds. The van der Waals surface area contributed by atoms with E-state index in [2.05, 4.69) is 4.18 Å². The van der Waals surface area contributed by atoms with Gasteiger partial charge in [-0.05, 0) is 19.3 Å². The molecule has 0 spiro atoms. The second-order valence-electron chi connectivity index (χ2n) is 5.37. The van der Waals surface area contributed by atoms with E-state index < -0.39 is 50.4 Å². The first-order valence-electron chi connectivity index (χ1n) is 6.75. The summed E-state index contributed by atoms with van der Waals surface area (Å²) < 4.78 is 89.1. The van der Waals surface area contributed by atoms with Crippen molar-refractivity contribution in [3.8, 4) is 0 Å². The quantitative estimate of drug-likeness (QED) is 0.459. The molecule has 0 radical (unpaired) electrons. The largest absolute Gasteiger partial charge is 0.512 e. The van der Waals surface area contributed by atoms with Crippen molar-refractivity contribution < 1.29 is 43.7 Å². The minimum absolute atomic E-state index is 0.0711. The third-order valence-electron chi connectivity index (χ3n) is 3.55. The van der Waals surface area contributed by atoms with Crippen LogP contribution in [0.2, 0.25) is 0 Å². The first-order chi connectivity index (χ1) is 10.6. The Labute approximate surface area is 139 Å². The average molecular weight is 399 g/mol. The van der Waals surface area contributed by atoms with Gasteiger partial charge in [0, 0.05) is 0 Å². The molecule has 0 aromatic heterocycles. The molecule has 1 N–H and O–H groups in total. The predicted octanol–water partition coefficient (Wildman–Crippen LogP) is 1.30. The van der Waals surface area contributed by atoms with Crippen molar-refractivity contribution in [2.75, 3.05) is 13.2 Å². The summed E-state index contributed by atoms with van der Waals surface area (Å²) >= 11 is 0. The third kappa shape index (κ3) is 6.18. The Morgan fingerprint density at radius 1 is 1.12 bits per heavy atom. The lowest BCUT2D eigenvalue weighted by molar-refractivity contribution is -0.158. The predicted molar refractivity (Wildman–Crippen MR) is 77.2 cm³/mol. The van der Waals surface area contributed by atoms with Gasteiger partial charge < -0.3 is 4.74 Å². The maximum atomic E-state index is 12.1. The fourth-order valence-electron chi connectivity index (χ4n) is 1.44. The zero-order valence-corrected chi connectivity index (χ0v) is 15.1. The number of rotatable bonds is 9. The second-order valence-corrected chi connectivity index (χ2v) is 8.65. The van der Waals surface area contributed by atoms with Crippen LogP contribution in [0.25, 0.3) is 0 Å².